The van der Waals surface area contributed by atoms with Crippen molar-refractivity contribution in [2.45, 2.75) is 6.92 Å². The molecule has 0 aliphatic carbocycles. The SMILES string of the molecule is CC(=O)N1/C(=C\c2ccc(OCC(N)=O)c(F)c2)C(=O)c2ccccc21. The monoisotopic (exact) mass is 354 g/mol. The van der Waals surface area contributed by atoms with Gasteiger partial charge in [-0.1, -0.05) is 18.2 Å². The number of amides is 2. The second kappa shape index (κ2) is 6.79. The van der Waals surface area contributed by atoms with Gasteiger partial charge >= 0.3 is 0 Å². The number of halogens is 1. The lowest BCUT2D eigenvalue weighted by atomic mass is 10.1. The van der Waals surface area contributed by atoms with Gasteiger partial charge in [0.2, 0.25) is 11.7 Å². The second-order valence-electron chi connectivity index (χ2n) is 5.68. The van der Waals surface area contributed by atoms with Crippen molar-refractivity contribution in [1.82, 2.24) is 0 Å². The van der Waals surface area contributed by atoms with Crippen LogP contribution in [0.15, 0.2) is 48.2 Å². The molecule has 7 heteroatoms. The van der Waals surface area contributed by atoms with Gasteiger partial charge in [0.25, 0.3) is 5.91 Å². The van der Waals surface area contributed by atoms with E-state index in [9.17, 15) is 18.8 Å². The maximum atomic E-state index is 14.1. The van der Waals surface area contributed by atoms with E-state index >= 15 is 0 Å². The standard InChI is InChI=1S/C19H15FN2O4/c1-11(23)22-15-5-3-2-4-13(15)19(25)16(22)9-12-6-7-17(14(20)8-12)26-10-18(21)24/h2-9H,10H2,1H3,(H2,21,24)/b16-9-. The van der Waals surface area contributed by atoms with E-state index in [1.165, 1.54) is 30.0 Å². The molecule has 1 aliphatic heterocycles. The topological polar surface area (TPSA) is 89.7 Å². The van der Waals surface area contributed by atoms with Gasteiger partial charge in [0.1, 0.15) is 0 Å². The highest BCUT2D eigenvalue weighted by atomic mass is 19.1. The summed E-state index contributed by atoms with van der Waals surface area (Å²) in [5.41, 5.74) is 6.38. The van der Waals surface area contributed by atoms with Gasteiger partial charge in [-0.05, 0) is 35.9 Å². The highest BCUT2D eigenvalue weighted by molar-refractivity contribution is 6.26. The van der Waals surface area contributed by atoms with Gasteiger partial charge < -0.3 is 10.5 Å². The van der Waals surface area contributed by atoms with Crippen LogP contribution in [0, 0.1) is 5.82 Å². The summed E-state index contributed by atoms with van der Waals surface area (Å²) in [5.74, 6) is -2.20. The summed E-state index contributed by atoms with van der Waals surface area (Å²) in [5, 5.41) is 0. The molecular formula is C19H15FN2O4. The molecule has 0 atom stereocenters. The van der Waals surface area contributed by atoms with E-state index in [-0.39, 0.29) is 23.1 Å². The number of ether oxygens (including phenoxy) is 1. The lowest BCUT2D eigenvalue weighted by molar-refractivity contribution is -0.120. The van der Waals surface area contributed by atoms with Crippen LogP contribution < -0.4 is 15.4 Å². The first-order chi connectivity index (χ1) is 12.4. The Balaban J connectivity index is 1.97. The fourth-order valence-corrected chi connectivity index (χ4v) is 2.73. The van der Waals surface area contributed by atoms with Crippen LogP contribution in [0.4, 0.5) is 10.1 Å². The number of ketones is 1. The van der Waals surface area contributed by atoms with Crippen molar-refractivity contribution in [1.29, 1.82) is 0 Å². The summed E-state index contributed by atoms with van der Waals surface area (Å²) >= 11 is 0. The van der Waals surface area contributed by atoms with Crippen LogP contribution in [0.3, 0.4) is 0 Å². The van der Waals surface area contributed by atoms with Crippen LogP contribution in [0.25, 0.3) is 6.08 Å². The average Bonchev–Trinajstić information content (AvgIpc) is 2.87. The molecule has 0 bridgehead atoms. The molecule has 0 radical (unpaired) electrons. The first kappa shape index (κ1) is 17.3. The molecule has 6 nitrogen and oxygen atoms in total. The van der Waals surface area contributed by atoms with Gasteiger partial charge in [-0.25, -0.2) is 4.39 Å². The van der Waals surface area contributed by atoms with Gasteiger partial charge in [-0.15, -0.1) is 0 Å². The molecule has 1 aliphatic rings. The molecule has 2 aromatic rings. The molecule has 1 heterocycles. The van der Waals surface area contributed by atoms with E-state index in [2.05, 4.69) is 0 Å². The van der Waals surface area contributed by atoms with Crippen molar-refractivity contribution in [3.63, 3.8) is 0 Å². The maximum absolute atomic E-state index is 14.1. The van der Waals surface area contributed by atoms with Gasteiger partial charge in [-0.2, -0.15) is 0 Å². The number of nitrogens with two attached hydrogens (primary N) is 1. The third kappa shape index (κ3) is 3.19. The second-order valence-corrected chi connectivity index (χ2v) is 5.68. The maximum Gasteiger partial charge on any atom is 0.255 e. The number of carbonyl (C=O) groups excluding carboxylic acids is 3. The summed E-state index contributed by atoms with van der Waals surface area (Å²) < 4.78 is 19.1. The fourth-order valence-electron chi connectivity index (χ4n) is 2.73. The highest BCUT2D eigenvalue weighted by Gasteiger charge is 2.34. The summed E-state index contributed by atoms with van der Waals surface area (Å²) in [6, 6.07) is 10.7. The average molecular weight is 354 g/mol. The van der Waals surface area contributed by atoms with Gasteiger partial charge in [0.15, 0.2) is 18.2 Å². The minimum atomic E-state index is -0.720. The predicted octanol–water partition coefficient (Wildman–Crippen LogP) is 2.28. The Morgan fingerprint density at radius 1 is 1.23 bits per heavy atom. The molecule has 2 amide bonds. The molecule has 2 aromatic carbocycles. The Bertz CT molecular complexity index is 952. The van der Waals surface area contributed by atoms with Crippen molar-refractivity contribution in [3.05, 3.63) is 65.1 Å². The molecule has 0 fully saturated rings. The van der Waals surface area contributed by atoms with Crippen LogP contribution in [0.2, 0.25) is 0 Å². The number of hydrogen-bond donors (Lipinski definition) is 1. The number of primary amides is 1. The molecule has 0 aromatic heterocycles. The minimum Gasteiger partial charge on any atom is -0.481 e. The van der Waals surface area contributed by atoms with Crippen LogP contribution >= 0.6 is 0 Å². The van der Waals surface area contributed by atoms with Gasteiger partial charge in [-0.3, -0.25) is 19.3 Å². The van der Waals surface area contributed by atoms with E-state index < -0.39 is 18.3 Å². The van der Waals surface area contributed by atoms with E-state index in [1.807, 2.05) is 0 Å². The molecule has 2 N–H and O–H groups in total. The molecule has 0 saturated carbocycles. The normalized spacial score (nSPS) is 14.5. The molecule has 3 rings (SSSR count). The van der Waals surface area contributed by atoms with Crippen molar-refractivity contribution in [2.75, 3.05) is 11.5 Å². The molecule has 132 valence electrons. The van der Waals surface area contributed by atoms with Crippen molar-refractivity contribution in [2.24, 2.45) is 5.73 Å². The summed E-state index contributed by atoms with van der Waals surface area (Å²) in [7, 11) is 0. The van der Waals surface area contributed by atoms with Gasteiger partial charge in [0.05, 0.1) is 11.4 Å². The third-order valence-corrected chi connectivity index (χ3v) is 3.81. The van der Waals surface area contributed by atoms with Crippen LogP contribution in [0.1, 0.15) is 22.8 Å². The van der Waals surface area contributed by atoms with E-state index in [1.54, 1.807) is 24.3 Å². The smallest absolute Gasteiger partial charge is 0.255 e. The third-order valence-electron chi connectivity index (χ3n) is 3.81. The van der Waals surface area contributed by atoms with Crippen LogP contribution in [-0.4, -0.2) is 24.2 Å². The van der Waals surface area contributed by atoms with Crippen molar-refractivity contribution >= 4 is 29.4 Å². The van der Waals surface area contributed by atoms with Crippen LogP contribution in [0.5, 0.6) is 5.75 Å². The summed E-state index contributed by atoms with van der Waals surface area (Å²) in [4.78, 5) is 36.6. The Hall–Kier alpha value is -3.48. The highest BCUT2D eigenvalue weighted by Crippen LogP contribution is 2.35. The quantitative estimate of drug-likeness (QED) is 0.853. The van der Waals surface area contributed by atoms with Gasteiger partial charge in [0, 0.05) is 12.5 Å². The number of hydrogen-bond acceptors (Lipinski definition) is 4. The lowest BCUT2D eigenvalue weighted by Crippen LogP contribution is -2.25. The van der Waals surface area contributed by atoms with Crippen molar-refractivity contribution < 1.29 is 23.5 Å². The van der Waals surface area contributed by atoms with Crippen molar-refractivity contribution in [3.8, 4) is 5.75 Å². The molecular weight excluding hydrogens is 339 g/mol. The summed E-state index contributed by atoms with van der Waals surface area (Å²) in [6.45, 7) is 0.911. The Labute approximate surface area is 148 Å². The Morgan fingerprint density at radius 3 is 2.62 bits per heavy atom. The minimum absolute atomic E-state index is 0.129. The Kier molecular flexibility index (Phi) is 4.53. The number of rotatable bonds is 4. The largest absolute Gasteiger partial charge is 0.481 e. The van der Waals surface area contributed by atoms with E-state index in [0.29, 0.717) is 16.8 Å². The zero-order valence-electron chi connectivity index (χ0n) is 13.9. The number of nitrogens with zero attached hydrogens (tertiary/aromatic N) is 1. The zero-order chi connectivity index (χ0) is 18.8. The number of Topliss-reactive ketones (excluding diaryl/α,β-unsaturated/α-hetero) is 1. The molecule has 0 unspecified atom stereocenters. The number of para-hydroxylation sites is 1. The lowest BCUT2D eigenvalue weighted by Gasteiger charge is -2.16. The molecule has 26 heavy (non-hydrogen) atoms. The fraction of sp³-hybridized carbons (Fsp3) is 0.105. The number of benzene rings is 2. The van der Waals surface area contributed by atoms with E-state index in [0.717, 1.165) is 6.07 Å². The number of fused-ring (bicyclic) bond motifs is 1. The van der Waals surface area contributed by atoms with Crippen LogP contribution in [-0.2, 0) is 9.59 Å². The zero-order valence-corrected chi connectivity index (χ0v) is 13.9. The number of allylic oxidation sites excluding steroid dienone is 1. The molecule has 0 saturated heterocycles. The first-order valence-corrected chi connectivity index (χ1v) is 7.75. The number of anilines is 1. The predicted molar refractivity (Wildman–Crippen MR) is 93.0 cm³/mol. The summed E-state index contributed by atoms with van der Waals surface area (Å²) in [6.07, 6.45) is 1.44. The Morgan fingerprint density at radius 2 is 1.96 bits per heavy atom. The number of carbonyl (C=O) groups is 3. The molecule has 0 spiro atoms. The first-order valence-electron chi connectivity index (χ1n) is 7.75. The van der Waals surface area contributed by atoms with E-state index in [4.69, 9.17) is 10.5 Å².